The molecule has 258 valence electrons. The van der Waals surface area contributed by atoms with Gasteiger partial charge in [0.05, 0.1) is 18.9 Å². The van der Waals surface area contributed by atoms with Crippen LogP contribution in [0.15, 0.2) is 12.2 Å². The van der Waals surface area contributed by atoms with Gasteiger partial charge in [-0.05, 0) is 134 Å². The molecule has 0 aromatic heterocycles. The fourth-order valence-electron chi connectivity index (χ4n) is 13.4. The largest absolute Gasteiger partial charge is 0.481 e. The number of nitriles is 1. The molecule has 0 heterocycles. The molecule has 5 fully saturated rings. The maximum atomic E-state index is 13.2. The van der Waals surface area contributed by atoms with Crippen LogP contribution in [0.4, 0.5) is 0 Å². The summed E-state index contributed by atoms with van der Waals surface area (Å²) >= 11 is 0. The lowest BCUT2D eigenvalue weighted by atomic mass is 9.32. The first kappa shape index (κ1) is 35.4. The van der Waals surface area contributed by atoms with Gasteiger partial charge >= 0.3 is 11.9 Å². The zero-order valence-corrected chi connectivity index (χ0v) is 30.3. The maximum absolute atomic E-state index is 13.2. The summed E-state index contributed by atoms with van der Waals surface area (Å²) in [6.07, 6.45) is 13.0. The van der Waals surface area contributed by atoms with Gasteiger partial charge in [-0.25, -0.2) is 0 Å². The number of aliphatic carboxylic acids is 1. The number of nitrogens with zero attached hydrogens (tertiary/aromatic N) is 1. The van der Waals surface area contributed by atoms with E-state index in [-0.39, 0.29) is 53.2 Å². The third kappa shape index (κ3) is 5.67. The van der Waals surface area contributed by atoms with Gasteiger partial charge in [0, 0.05) is 12.0 Å². The van der Waals surface area contributed by atoms with Crippen LogP contribution in [0, 0.1) is 73.4 Å². The Labute approximate surface area is 279 Å². The van der Waals surface area contributed by atoms with Gasteiger partial charge in [-0.15, -0.1) is 0 Å². The van der Waals surface area contributed by atoms with Crippen molar-refractivity contribution in [3.05, 3.63) is 12.2 Å². The van der Waals surface area contributed by atoms with E-state index in [1.165, 1.54) is 56.9 Å². The summed E-state index contributed by atoms with van der Waals surface area (Å²) in [6, 6.07) is 2.16. The van der Waals surface area contributed by atoms with E-state index < -0.39 is 11.4 Å². The van der Waals surface area contributed by atoms with Gasteiger partial charge in [0.2, 0.25) is 0 Å². The molecule has 5 aliphatic rings. The summed E-state index contributed by atoms with van der Waals surface area (Å²) in [6.45, 7) is 24.0. The number of allylic oxidation sites excluding steroid dienone is 1. The van der Waals surface area contributed by atoms with Crippen LogP contribution < -0.4 is 0 Å². The van der Waals surface area contributed by atoms with E-state index in [1.54, 1.807) is 0 Å². The minimum Gasteiger partial charge on any atom is -0.481 e. The first-order chi connectivity index (χ1) is 21.4. The number of rotatable bonds is 10. The van der Waals surface area contributed by atoms with Crippen molar-refractivity contribution >= 4 is 11.9 Å². The van der Waals surface area contributed by atoms with Crippen LogP contribution in [0.1, 0.15) is 139 Å². The van der Waals surface area contributed by atoms with Crippen LogP contribution in [0.2, 0.25) is 0 Å². The molecule has 5 rings (SSSR count). The molecule has 6 heteroatoms. The predicted octanol–water partition coefficient (Wildman–Crippen LogP) is 9.38. The summed E-state index contributed by atoms with van der Waals surface area (Å²) in [5, 5.41) is 18.4. The molecule has 0 saturated heterocycles. The van der Waals surface area contributed by atoms with Crippen molar-refractivity contribution in [2.24, 2.45) is 62.1 Å². The number of esters is 1. The number of hydrogen-bond acceptors (Lipinski definition) is 5. The van der Waals surface area contributed by atoms with E-state index in [1.807, 2.05) is 13.8 Å². The number of carboxylic acid groups (broad SMARTS) is 1. The first-order valence-electron chi connectivity index (χ1n) is 18.4. The monoisotopic (exact) mass is 637 g/mol. The number of carbonyl (C=O) groups excluding carboxylic acids is 1. The number of carbonyl (C=O) groups is 2. The zero-order valence-electron chi connectivity index (χ0n) is 30.3. The molecule has 6 nitrogen and oxygen atoms in total. The molecule has 0 bridgehead atoms. The van der Waals surface area contributed by atoms with Crippen LogP contribution in [0.5, 0.6) is 0 Å². The highest BCUT2D eigenvalue weighted by molar-refractivity contribution is 5.73. The molecule has 5 aliphatic carbocycles. The molecule has 1 N–H and O–H groups in total. The van der Waals surface area contributed by atoms with E-state index in [9.17, 15) is 14.7 Å². The highest BCUT2D eigenvalue weighted by atomic mass is 16.5. The highest BCUT2D eigenvalue weighted by Gasteiger charge is 2.71. The van der Waals surface area contributed by atoms with Crippen LogP contribution in [0.3, 0.4) is 0 Å². The van der Waals surface area contributed by atoms with E-state index in [0.29, 0.717) is 41.6 Å². The molecule has 5 saturated carbocycles. The summed E-state index contributed by atoms with van der Waals surface area (Å²) < 4.78 is 12.0. The smallest absolute Gasteiger partial charge is 0.306 e. The van der Waals surface area contributed by atoms with Crippen molar-refractivity contribution in [1.29, 1.82) is 5.26 Å². The fraction of sp³-hybridized carbons (Fsp3) is 0.875. The summed E-state index contributed by atoms with van der Waals surface area (Å²) in [5.41, 5.74) is 1.62. The van der Waals surface area contributed by atoms with Crippen molar-refractivity contribution in [2.75, 3.05) is 13.2 Å². The molecular weight excluding hydrogens is 574 g/mol. The average Bonchev–Trinajstić information content (AvgIpc) is 3.32. The van der Waals surface area contributed by atoms with Gasteiger partial charge in [-0.1, -0.05) is 60.6 Å². The number of hydrogen-bond donors (Lipinski definition) is 1. The Kier molecular flexibility index (Phi) is 9.42. The van der Waals surface area contributed by atoms with Gasteiger partial charge < -0.3 is 14.6 Å². The average molecular weight is 638 g/mol. The lowest BCUT2D eigenvalue weighted by molar-refractivity contribution is -0.251. The Balaban J connectivity index is 1.38. The van der Waals surface area contributed by atoms with Gasteiger partial charge in [0.15, 0.2) is 0 Å². The van der Waals surface area contributed by atoms with Crippen LogP contribution in [-0.4, -0.2) is 36.4 Å². The second-order valence-electron chi connectivity index (χ2n) is 18.8. The summed E-state index contributed by atoms with van der Waals surface area (Å²) in [4.78, 5) is 24.5. The summed E-state index contributed by atoms with van der Waals surface area (Å²) in [7, 11) is 0. The van der Waals surface area contributed by atoms with Gasteiger partial charge in [0.25, 0.3) is 0 Å². The molecule has 0 spiro atoms. The normalized spacial score (nSPS) is 42.8. The Morgan fingerprint density at radius 1 is 0.913 bits per heavy atom. The van der Waals surface area contributed by atoms with Crippen molar-refractivity contribution in [3.8, 4) is 6.07 Å². The molecule has 0 aromatic rings. The number of ether oxygens (including phenoxy) is 2. The first-order valence-corrected chi connectivity index (χ1v) is 18.4. The molecule has 4 unspecified atom stereocenters. The SMILES string of the molecule is C=C(C)[C@@H]1CC[C@]2(CCOCC#N)CC[C@]3(C)[C@H](CCC4[C@@]5(C)CCC(OC(=O)CC(C)(C)CC(=O)O)C(C)(C)C5CC[C@]43C)C12. The molecular formula is C40H63NO5. The molecule has 0 aliphatic heterocycles. The molecule has 0 amide bonds. The Morgan fingerprint density at radius 3 is 2.28 bits per heavy atom. The molecule has 10 atom stereocenters. The van der Waals surface area contributed by atoms with Crippen LogP contribution in [-0.2, 0) is 19.1 Å². The van der Waals surface area contributed by atoms with E-state index >= 15 is 0 Å². The van der Waals surface area contributed by atoms with Gasteiger partial charge in [-0.3, -0.25) is 9.59 Å². The number of carboxylic acids is 1. The van der Waals surface area contributed by atoms with Gasteiger partial charge in [-0.2, -0.15) is 5.26 Å². The quantitative estimate of drug-likeness (QED) is 0.146. The van der Waals surface area contributed by atoms with E-state index in [2.05, 4.69) is 54.2 Å². The highest BCUT2D eigenvalue weighted by Crippen LogP contribution is 2.78. The molecule has 0 radical (unpaired) electrons. The van der Waals surface area contributed by atoms with Crippen molar-refractivity contribution in [2.45, 2.75) is 145 Å². The van der Waals surface area contributed by atoms with Crippen LogP contribution in [0.25, 0.3) is 0 Å². The van der Waals surface area contributed by atoms with Crippen molar-refractivity contribution in [3.63, 3.8) is 0 Å². The molecule has 46 heavy (non-hydrogen) atoms. The Hall–Kier alpha value is -1.87. The Morgan fingerprint density at radius 2 is 1.63 bits per heavy atom. The predicted molar refractivity (Wildman–Crippen MR) is 181 cm³/mol. The lowest BCUT2D eigenvalue weighted by Gasteiger charge is -2.73. The maximum Gasteiger partial charge on any atom is 0.306 e. The number of fused-ring (bicyclic) bond motifs is 7. The Bertz CT molecular complexity index is 1250. The van der Waals surface area contributed by atoms with E-state index in [4.69, 9.17) is 14.7 Å². The third-order valence-corrected chi connectivity index (χ3v) is 15.6. The van der Waals surface area contributed by atoms with Crippen molar-refractivity contribution < 1.29 is 24.2 Å². The summed E-state index contributed by atoms with van der Waals surface area (Å²) in [5.74, 6) is 1.90. The zero-order chi connectivity index (χ0) is 33.9. The van der Waals surface area contributed by atoms with Gasteiger partial charge in [0.1, 0.15) is 12.7 Å². The lowest BCUT2D eigenvalue weighted by Crippen LogP contribution is -2.66. The molecule has 0 aromatic carbocycles. The third-order valence-electron chi connectivity index (χ3n) is 15.6. The minimum atomic E-state index is -0.878. The topological polar surface area (TPSA) is 96.6 Å². The minimum absolute atomic E-state index is 0.0407. The van der Waals surface area contributed by atoms with E-state index in [0.717, 1.165) is 19.3 Å². The second kappa shape index (κ2) is 12.2. The van der Waals surface area contributed by atoms with Crippen LogP contribution >= 0.6 is 0 Å². The second-order valence-corrected chi connectivity index (χ2v) is 18.8. The standard InChI is InChI=1S/C40H63NO5/c1-26(2)27-12-17-40(20-22-45-23-21-41)19-18-38(8)28(34(27)40)10-11-30-37(7)15-14-31(36(5,6)29(37)13-16-39(30,38)9)46-33(44)25-35(3,4)24-32(42)43/h27-31,34H,1,10-20,22-25H2,2-9H3,(H,42,43)/t27-,28+,29?,30?,31?,34?,37-,38+,39+,40+/m0/s1. The fourth-order valence-corrected chi connectivity index (χ4v) is 13.4. The van der Waals surface area contributed by atoms with Crippen molar-refractivity contribution in [1.82, 2.24) is 0 Å².